The molecule has 0 radical (unpaired) electrons. The van der Waals surface area contributed by atoms with Gasteiger partial charge in [-0.05, 0) is 24.5 Å². The number of hydrogen-bond acceptors (Lipinski definition) is 3. The molecule has 0 bridgehead atoms. The first-order valence-electron chi connectivity index (χ1n) is 5.64. The zero-order chi connectivity index (χ0) is 11.1. The number of aliphatic hydroxyl groups excluding tert-OH is 1. The molecule has 1 heterocycles. The van der Waals surface area contributed by atoms with Crippen LogP contribution in [0.2, 0.25) is 0 Å². The van der Waals surface area contributed by atoms with Gasteiger partial charge in [-0.1, -0.05) is 12.1 Å². The second kappa shape index (κ2) is 3.57. The summed E-state index contributed by atoms with van der Waals surface area (Å²) in [5.41, 5.74) is 8.70. The molecule has 1 unspecified atom stereocenters. The van der Waals surface area contributed by atoms with E-state index in [0.29, 0.717) is 5.92 Å². The van der Waals surface area contributed by atoms with Crippen molar-refractivity contribution in [2.75, 3.05) is 6.61 Å². The van der Waals surface area contributed by atoms with Crippen molar-refractivity contribution in [1.29, 1.82) is 0 Å². The molecule has 1 fully saturated rings. The second-order valence-corrected chi connectivity index (χ2v) is 4.43. The topological polar surface area (TPSA) is 74.9 Å². The Labute approximate surface area is 93.5 Å². The van der Waals surface area contributed by atoms with Crippen LogP contribution in [-0.4, -0.2) is 21.7 Å². The monoisotopic (exact) mass is 217 g/mol. The lowest BCUT2D eigenvalue weighted by Crippen LogP contribution is -2.14. The highest BCUT2D eigenvalue weighted by Gasteiger charge is 2.27. The van der Waals surface area contributed by atoms with E-state index < -0.39 is 0 Å². The maximum Gasteiger partial charge on any atom is 0.110 e. The summed E-state index contributed by atoms with van der Waals surface area (Å²) in [5.74, 6) is 1.66. The van der Waals surface area contributed by atoms with Gasteiger partial charge in [0, 0.05) is 5.92 Å². The molecule has 2 aromatic rings. The molecule has 0 aliphatic heterocycles. The molecule has 1 aliphatic rings. The fourth-order valence-corrected chi connectivity index (χ4v) is 2.02. The first-order valence-corrected chi connectivity index (χ1v) is 5.64. The Balaban J connectivity index is 2.13. The molecule has 1 aromatic heterocycles. The second-order valence-electron chi connectivity index (χ2n) is 4.43. The van der Waals surface area contributed by atoms with Gasteiger partial charge in [-0.15, -0.1) is 0 Å². The van der Waals surface area contributed by atoms with Crippen LogP contribution < -0.4 is 5.73 Å². The molecule has 1 aromatic carbocycles. The highest BCUT2D eigenvalue weighted by atomic mass is 16.3. The fraction of sp³-hybridized carbons (Fsp3) is 0.417. The van der Waals surface area contributed by atoms with Crippen LogP contribution in [0.1, 0.15) is 36.2 Å². The Kier molecular flexibility index (Phi) is 2.19. The van der Waals surface area contributed by atoms with Crippen molar-refractivity contribution in [3.05, 3.63) is 29.6 Å². The van der Waals surface area contributed by atoms with Crippen molar-refractivity contribution in [3.8, 4) is 0 Å². The zero-order valence-electron chi connectivity index (χ0n) is 8.98. The minimum absolute atomic E-state index is 0.0509. The first-order chi connectivity index (χ1) is 7.79. The molecule has 3 rings (SSSR count). The van der Waals surface area contributed by atoms with Crippen molar-refractivity contribution >= 4 is 11.0 Å². The standard InChI is InChI=1S/C12H15N3O/c13-9(6-16)8-2-1-3-10-11(8)15-12(14-10)7-4-5-7/h1-3,7,9,16H,4-6,13H2,(H,14,15). The number of H-pyrrole nitrogens is 1. The Bertz CT molecular complexity index is 516. The summed E-state index contributed by atoms with van der Waals surface area (Å²) in [6.45, 7) is -0.0509. The molecule has 0 spiro atoms. The van der Waals surface area contributed by atoms with E-state index in [1.807, 2.05) is 18.2 Å². The minimum atomic E-state index is -0.348. The smallest absolute Gasteiger partial charge is 0.110 e. The van der Waals surface area contributed by atoms with Gasteiger partial charge in [0.05, 0.1) is 23.7 Å². The van der Waals surface area contributed by atoms with E-state index in [4.69, 9.17) is 10.8 Å². The van der Waals surface area contributed by atoms with Crippen LogP contribution in [0.5, 0.6) is 0 Å². The first kappa shape index (κ1) is 9.81. The number of aromatic amines is 1. The summed E-state index contributed by atoms with van der Waals surface area (Å²) in [6.07, 6.45) is 2.45. The molecular weight excluding hydrogens is 202 g/mol. The van der Waals surface area contributed by atoms with E-state index in [0.717, 1.165) is 22.4 Å². The number of rotatable bonds is 3. The summed E-state index contributed by atoms with van der Waals surface area (Å²) >= 11 is 0. The van der Waals surface area contributed by atoms with Gasteiger partial charge in [0.15, 0.2) is 0 Å². The third-order valence-electron chi connectivity index (χ3n) is 3.12. The summed E-state index contributed by atoms with van der Waals surface area (Å²) in [7, 11) is 0. The number of hydrogen-bond donors (Lipinski definition) is 3. The maximum atomic E-state index is 9.11. The number of nitrogens with two attached hydrogens (primary N) is 1. The number of nitrogens with one attached hydrogen (secondary N) is 1. The summed E-state index contributed by atoms with van der Waals surface area (Å²) in [4.78, 5) is 7.93. The van der Waals surface area contributed by atoms with Crippen molar-refractivity contribution in [2.24, 2.45) is 5.73 Å². The quantitative estimate of drug-likeness (QED) is 0.728. The molecule has 0 amide bonds. The number of aromatic nitrogens is 2. The normalized spacial score (nSPS) is 17.9. The minimum Gasteiger partial charge on any atom is -0.394 e. The fourth-order valence-electron chi connectivity index (χ4n) is 2.02. The van der Waals surface area contributed by atoms with E-state index in [-0.39, 0.29) is 12.6 Å². The molecule has 1 aliphatic carbocycles. The summed E-state index contributed by atoms with van der Waals surface area (Å²) in [5, 5.41) is 9.11. The predicted octanol–water partition coefficient (Wildman–Crippen LogP) is 1.43. The average Bonchev–Trinajstić information content (AvgIpc) is 3.07. The van der Waals surface area contributed by atoms with Crippen LogP contribution in [0.25, 0.3) is 11.0 Å². The third kappa shape index (κ3) is 1.50. The van der Waals surface area contributed by atoms with Crippen molar-refractivity contribution < 1.29 is 5.11 Å². The van der Waals surface area contributed by atoms with Gasteiger partial charge in [0.2, 0.25) is 0 Å². The Hall–Kier alpha value is -1.39. The van der Waals surface area contributed by atoms with Crippen LogP contribution in [0.4, 0.5) is 0 Å². The van der Waals surface area contributed by atoms with Crippen LogP contribution in [0.15, 0.2) is 18.2 Å². The van der Waals surface area contributed by atoms with E-state index in [1.54, 1.807) is 0 Å². The predicted molar refractivity (Wildman–Crippen MR) is 62.1 cm³/mol. The molecule has 0 saturated heterocycles. The molecule has 16 heavy (non-hydrogen) atoms. The highest BCUT2D eigenvalue weighted by Crippen LogP contribution is 2.39. The third-order valence-corrected chi connectivity index (χ3v) is 3.12. The van der Waals surface area contributed by atoms with Gasteiger partial charge in [0.25, 0.3) is 0 Å². The van der Waals surface area contributed by atoms with Gasteiger partial charge in [-0.3, -0.25) is 0 Å². The van der Waals surface area contributed by atoms with E-state index in [9.17, 15) is 0 Å². The lowest BCUT2D eigenvalue weighted by Gasteiger charge is -2.08. The van der Waals surface area contributed by atoms with E-state index in [2.05, 4.69) is 9.97 Å². The van der Waals surface area contributed by atoms with Gasteiger partial charge in [-0.2, -0.15) is 0 Å². The van der Waals surface area contributed by atoms with Crippen molar-refractivity contribution in [2.45, 2.75) is 24.8 Å². The number of benzene rings is 1. The Morgan fingerprint density at radius 2 is 2.31 bits per heavy atom. The molecular formula is C12H15N3O. The van der Waals surface area contributed by atoms with Crippen molar-refractivity contribution in [3.63, 3.8) is 0 Å². The molecule has 84 valence electrons. The molecule has 4 nitrogen and oxygen atoms in total. The number of aliphatic hydroxyl groups is 1. The van der Waals surface area contributed by atoms with Gasteiger partial charge in [0.1, 0.15) is 5.82 Å². The number of fused-ring (bicyclic) bond motifs is 1. The average molecular weight is 217 g/mol. The molecule has 4 N–H and O–H groups in total. The molecule has 1 atom stereocenters. The van der Waals surface area contributed by atoms with Crippen LogP contribution >= 0.6 is 0 Å². The highest BCUT2D eigenvalue weighted by molar-refractivity contribution is 5.79. The molecule has 1 saturated carbocycles. The van der Waals surface area contributed by atoms with Gasteiger partial charge >= 0.3 is 0 Å². The van der Waals surface area contributed by atoms with E-state index >= 15 is 0 Å². The SMILES string of the molecule is NC(CO)c1cccc2[nH]c(C3CC3)nc12. The zero-order valence-corrected chi connectivity index (χ0v) is 8.98. The Morgan fingerprint density at radius 1 is 1.50 bits per heavy atom. The van der Waals surface area contributed by atoms with Gasteiger partial charge in [-0.25, -0.2) is 4.98 Å². The lowest BCUT2D eigenvalue weighted by molar-refractivity contribution is 0.268. The summed E-state index contributed by atoms with van der Waals surface area (Å²) < 4.78 is 0. The van der Waals surface area contributed by atoms with Gasteiger partial charge < -0.3 is 15.8 Å². The number of nitrogens with zero attached hydrogens (tertiary/aromatic N) is 1. The van der Waals surface area contributed by atoms with Crippen LogP contribution in [0, 0.1) is 0 Å². The lowest BCUT2D eigenvalue weighted by atomic mass is 10.1. The summed E-state index contributed by atoms with van der Waals surface area (Å²) in [6, 6.07) is 5.53. The maximum absolute atomic E-state index is 9.11. The van der Waals surface area contributed by atoms with Crippen LogP contribution in [0.3, 0.4) is 0 Å². The Morgan fingerprint density at radius 3 is 3.00 bits per heavy atom. The van der Waals surface area contributed by atoms with Crippen LogP contribution in [-0.2, 0) is 0 Å². The van der Waals surface area contributed by atoms with E-state index in [1.165, 1.54) is 12.8 Å². The molecule has 4 heteroatoms. The largest absolute Gasteiger partial charge is 0.394 e. The number of para-hydroxylation sites is 1. The number of imidazole rings is 1. The van der Waals surface area contributed by atoms with Crippen molar-refractivity contribution in [1.82, 2.24) is 9.97 Å².